The van der Waals surface area contributed by atoms with Gasteiger partial charge in [0.1, 0.15) is 0 Å². The summed E-state index contributed by atoms with van der Waals surface area (Å²) >= 11 is 0. The van der Waals surface area contributed by atoms with Crippen LogP contribution in [-0.4, -0.2) is 49.1 Å². The lowest BCUT2D eigenvalue weighted by Crippen LogP contribution is -2.43. The number of likely N-dealkylation sites (N-methyl/N-ethyl adjacent to an activating group) is 1. The summed E-state index contributed by atoms with van der Waals surface area (Å²) in [5, 5.41) is 6.95. The Kier molecular flexibility index (Phi) is 8.17. The van der Waals surface area contributed by atoms with Crippen LogP contribution >= 0.6 is 24.0 Å². The molecule has 1 unspecified atom stereocenters. The van der Waals surface area contributed by atoms with Gasteiger partial charge in [0.25, 0.3) is 0 Å². The zero-order chi connectivity index (χ0) is 13.7. The van der Waals surface area contributed by atoms with Gasteiger partial charge >= 0.3 is 0 Å². The van der Waals surface area contributed by atoms with Crippen molar-refractivity contribution in [2.45, 2.75) is 70.5 Å². The maximum atomic E-state index is 4.76. The number of guanidine groups is 1. The Morgan fingerprint density at radius 3 is 2.45 bits per heavy atom. The van der Waals surface area contributed by atoms with Crippen molar-refractivity contribution in [2.24, 2.45) is 4.99 Å². The smallest absolute Gasteiger partial charge is 0.191 e. The molecule has 0 radical (unpaired) electrons. The molecular weight excluding hydrogens is 363 g/mol. The third-order valence-corrected chi connectivity index (χ3v) is 4.37. The van der Waals surface area contributed by atoms with E-state index in [0.717, 1.165) is 25.1 Å². The lowest BCUT2D eigenvalue weighted by atomic mass is 10.2. The second-order valence-corrected chi connectivity index (χ2v) is 6.09. The topological polar surface area (TPSA) is 39.7 Å². The van der Waals surface area contributed by atoms with Crippen LogP contribution in [0.4, 0.5) is 0 Å². The second-order valence-electron chi connectivity index (χ2n) is 6.09. The summed E-state index contributed by atoms with van der Waals surface area (Å²) in [5.74, 6) is 1.01. The highest BCUT2D eigenvalue weighted by Crippen LogP contribution is 2.26. The van der Waals surface area contributed by atoms with Crippen molar-refractivity contribution in [2.75, 3.05) is 20.1 Å². The van der Waals surface area contributed by atoms with Crippen LogP contribution < -0.4 is 10.6 Å². The first-order valence-electron chi connectivity index (χ1n) is 7.97. The maximum Gasteiger partial charge on any atom is 0.191 e. The monoisotopic (exact) mass is 394 g/mol. The summed E-state index contributed by atoms with van der Waals surface area (Å²) in [5.41, 5.74) is 0. The van der Waals surface area contributed by atoms with E-state index in [1.165, 1.54) is 38.5 Å². The molecule has 0 aliphatic heterocycles. The van der Waals surface area contributed by atoms with Crippen molar-refractivity contribution >= 4 is 29.9 Å². The number of halogens is 1. The van der Waals surface area contributed by atoms with Crippen molar-refractivity contribution in [1.82, 2.24) is 15.5 Å². The van der Waals surface area contributed by atoms with Gasteiger partial charge in [-0.15, -0.1) is 24.0 Å². The zero-order valence-corrected chi connectivity index (χ0v) is 15.5. The fraction of sp³-hybridized carbons (Fsp3) is 0.933. The first kappa shape index (κ1) is 18.0. The minimum atomic E-state index is 0. The van der Waals surface area contributed by atoms with Gasteiger partial charge in [0.05, 0.1) is 6.54 Å². The molecule has 2 rings (SSSR count). The molecule has 20 heavy (non-hydrogen) atoms. The number of hydrogen-bond acceptors (Lipinski definition) is 2. The normalized spacial score (nSPS) is 21.7. The van der Waals surface area contributed by atoms with E-state index in [1.54, 1.807) is 0 Å². The highest BCUT2D eigenvalue weighted by atomic mass is 127. The van der Waals surface area contributed by atoms with Crippen molar-refractivity contribution in [1.29, 1.82) is 0 Å². The lowest BCUT2D eigenvalue weighted by molar-refractivity contribution is 0.253. The van der Waals surface area contributed by atoms with Crippen LogP contribution in [0.5, 0.6) is 0 Å². The third kappa shape index (κ3) is 5.76. The average Bonchev–Trinajstić information content (AvgIpc) is 3.13. The Morgan fingerprint density at radius 2 is 1.90 bits per heavy atom. The molecule has 0 aromatic carbocycles. The molecule has 2 saturated carbocycles. The minimum absolute atomic E-state index is 0. The van der Waals surface area contributed by atoms with E-state index in [9.17, 15) is 0 Å². The number of rotatable bonds is 6. The standard InChI is InChI=1S/C15H30N4.HI/c1-4-16-15(18-13-7-5-6-8-13)17-11-12(2)19(3)14-9-10-14;/h12-14H,4-11H2,1-3H3,(H2,16,17,18);1H. The minimum Gasteiger partial charge on any atom is -0.357 e. The number of aliphatic imine (C=N–C) groups is 1. The molecule has 0 heterocycles. The van der Waals surface area contributed by atoms with Crippen molar-refractivity contribution in [3.05, 3.63) is 0 Å². The first-order chi connectivity index (χ1) is 9.20. The highest BCUT2D eigenvalue weighted by Gasteiger charge is 2.28. The molecule has 0 aromatic rings. The van der Waals surface area contributed by atoms with E-state index in [2.05, 4.69) is 36.4 Å². The Hall–Kier alpha value is -0.0400. The van der Waals surface area contributed by atoms with Crippen LogP contribution in [0.3, 0.4) is 0 Å². The molecule has 0 aromatic heterocycles. The number of nitrogens with one attached hydrogen (secondary N) is 2. The van der Waals surface area contributed by atoms with Gasteiger partial charge in [0.15, 0.2) is 5.96 Å². The van der Waals surface area contributed by atoms with Gasteiger partial charge in [-0.05, 0) is 46.6 Å². The second kappa shape index (κ2) is 9.07. The maximum absolute atomic E-state index is 4.76. The van der Waals surface area contributed by atoms with E-state index in [0.29, 0.717) is 12.1 Å². The van der Waals surface area contributed by atoms with Crippen LogP contribution in [0.2, 0.25) is 0 Å². The average molecular weight is 394 g/mol. The van der Waals surface area contributed by atoms with Gasteiger partial charge in [-0.25, -0.2) is 0 Å². The molecule has 118 valence electrons. The Bertz CT molecular complexity index is 298. The van der Waals surface area contributed by atoms with Crippen molar-refractivity contribution in [3.8, 4) is 0 Å². The predicted octanol–water partition coefficient (Wildman–Crippen LogP) is 2.58. The van der Waals surface area contributed by atoms with Crippen LogP contribution in [0.25, 0.3) is 0 Å². The molecule has 0 bridgehead atoms. The molecule has 2 aliphatic rings. The molecule has 2 fully saturated rings. The van der Waals surface area contributed by atoms with Gasteiger partial charge in [-0.2, -0.15) is 0 Å². The van der Waals surface area contributed by atoms with E-state index in [1.807, 2.05) is 0 Å². The Labute approximate surface area is 141 Å². The quantitative estimate of drug-likeness (QED) is 0.413. The molecule has 2 N–H and O–H groups in total. The molecule has 5 heteroatoms. The molecule has 0 saturated heterocycles. The summed E-state index contributed by atoms with van der Waals surface area (Å²) in [7, 11) is 2.23. The highest BCUT2D eigenvalue weighted by molar-refractivity contribution is 14.0. The van der Waals surface area contributed by atoms with Crippen molar-refractivity contribution in [3.63, 3.8) is 0 Å². The largest absolute Gasteiger partial charge is 0.357 e. The van der Waals surface area contributed by atoms with Crippen LogP contribution in [-0.2, 0) is 0 Å². The van der Waals surface area contributed by atoms with E-state index < -0.39 is 0 Å². The van der Waals surface area contributed by atoms with Crippen LogP contribution in [0.15, 0.2) is 4.99 Å². The molecule has 1 atom stereocenters. The molecule has 4 nitrogen and oxygen atoms in total. The fourth-order valence-corrected chi connectivity index (χ4v) is 2.78. The summed E-state index contributed by atoms with van der Waals surface area (Å²) in [4.78, 5) is 7.24. The zero-order valence-electron chi connectivity index (χ0n) is 13.2. The van der Waals surface area contributed by atoms with Gasteiger partial charge in [-0.3, -0.25) is 9.89 Å². The van der Waals surface area contributed by atoms with Gasteiger partial charge in [0.2, 0.25) is 0 Å². The molecule has 0 amide bonds. The molecule has 0 spiro atoms. The van der Waals surface area contributed by atoms with Crippen LogP contribution in [0, 0.1) is 0 Å². The molecule has 2 aliphatic carbocycles. The third-order valence-electron chi connectivity index (χ3n) is 4.37. The van der Waals surface area contributed by atoms with Gasteiger partial charge in [0, 0.05) is 24.7 Å². The van der Waals surface area contributed by atoms with Gasteiger partial charge < -0.3 is 10.6 Å². The summed E-state index contributed by atoms with van der Waals surface area (Å²) in [6.07, 6.45) is 8.04. The van der Waals surface area contributed by atoms with Crippen LogP contribution in [0.1, 0.15) is 52.4 Å². The predicted molar refractivity (Wildman–Crippen MR) is 97.0 cm³/mol. The Morgan fingerprint density at radius 1 is 1.25 bits per heavy atom. The summed E-state index contributed by atoms with van der Waals surface area (Å²) in [6, 6.07) is 1.98. The van der Waals surface area contributed by atoms with E-state index in [-0.39, 0.29) is 24.0 Å². The SMILES string of the molecule is CCNC(=NCC(C)N(C)C1CC1)NC1CCCC1.I. The first-order valence-corrected chi connectivity index (χ1v) is 7.97. The van der Waals surface area contributed by atoms with E-state index >= 15 is 0 Å². The number of hydrogen-bond donors (Lipinski definition) is 2. The fourth-order valence-electron chi connectivity index (χ4n) is 2.78. The Balaban J connectivity index is 0.00000200. The van der Waals surface area contributed by atoms with Gasteiger partial charge in [-0.1, -0.05) is 12.8 Å². The number of nitrogens with zero attached hydrogens (tertiary/aromatic N) is 2. The lowest BCUT2D eigenvalue weighted by Gasteiger charge is -2.24. The molecular formula is C15H31IN4. The summed E-state index contributed by atoms with van der Waals surface area (Å²) in [6.45, 7) is 6.23. The summed E-state index contributed by atoms with van der Waals surface area (Å²) < 4.78 is 0. The van der Waals surface area contributed by atoms with Crippen molar-refractivity contribution < 1.29 is 0 Å². The van der Waals surface area contributed by atoms with E-state index in [4.69, 9.17) is 4.99 Å².